The van der Waals surface area contributed by atoms with Crippen molar-refractivity contribution in [3.8, 4) is 0 Å². The van der Waals surface area contributed by atoms with E-state index in [1.165, 1.54) is 50.4 Å². The Morgan fingerprint density at radius 3 is 1.65 bits per heavy atom. The van der Waals surface area contributed by atoms with E-state index < -0.39 is 0 Å². The molecule has 0 aromatic rings. The van der Waals surface area contributed by atoms with E-state index in [0.717, 1.165) is 0 Å². The summed E-state index contributed by atoms with van der Waals surface area (Å²) in [6.07, 6.45) is 27.7. The van der Waals surface area contributed by atoms with Gasteiger partial charge in [0.25, 0.3) is 0 Å². The zero-order chi connectivity index (χ0) is 13.8. The number of rotatable bonds is 0. The zero-order valence-electron chi connectivity index (χ0n) is 11.7. The molecule has 0 saturated heterocycles. The largest absolute Gasteiger partial charge is 0.0762 e. The molecule has 0 bridgehead atoms. The predicted molar refractivity (Wildman–Crippen MR) is 78.4 cm³/mol. The summed E-state index contributed by atoms with van der Waals surface area (Å²) in [5.74, 6) is 2.66. The molecule has 0 spiro atoms. The third-order valence-electron chi connectivity index (χ3n) is 3.21. The van der Waals surface area contributed by atoms with Gasteiger partial charge < -0.3 is 0 Å². The molecule has 1 saturated carbocycles. The monoisotopic (exact) mass is 446 g/mol. The molecule has 0 amide bonds. The van der Waals surface area contributed by atoms with E-state index in [-0.39, 0.29) is 20.1 Å². The van der Waals surface area contributed by atoms with E-state index in [2.05, 4.69) is 62.4 Å². The standard InChI is InChI=1S/C9H7.C8H14.CO.Ir/c1-2-5-9-7-3-6-8(9)4-1;1-2-4-6-8-7-5-3-1;1-2;/h1-7H;1-2H,3-8H2;;. The zero-order valence-corrected chi connectivity index (χ0v) is 14.1. The van der Waals surface area contributed by atoms with Crippen LogP contribution in [-0.4, -0.2) is 0 Å². The van der Waals surface area contributed by atoms with Crippen LogP contribution >= 0.6 is 0 Å². The first-order valence-corrected chi connectivity index (χ1v) is 6.93. The normalized spacial score (nSPS) is 21.1. The molecule has 0 unspecified atom stereocenters. The second-order valence-electron chi connectivity index (χ2n) is 4.62. The Morgan fingerprint density at radius 2 is 1.20 bits per heavy atom. The van der Waals surface area contributed by atoms with Crippen LogP contribution < -0.4 is 0 Å². The van der Waals surface area contributed by atoms with Gasteiger partial charge in [0.15, 0.2) is 0 Å². The maximum atomic E-state index is 7.50. The van der Waals surface area contributed by atoms with Crippen molar-refractivity contribution < 1.29 is 24.8 Å². The van der Waals surface area contributed by atoms with Gasteiger partial charge in [-0.05, 0) is 44.9 Å². The van der Waals surface area contributed by atoms with Crippen molar-refractivity contribution >= 4 is 0 Å². The fraction of sp³-hybridized carbons (Fsp3) is 0.333. The quantitative estimate of drug-likeness (QED) is 0.292. The second-order valence-corrected chi connectivity index (χ2v) is 4.62. The average Bonchev–Trinajstić information content (AvgIpc) is 2.89. The van der Waals surface area contributed by atoms with Crippen LogP contribution in [0.3, 0.4) is 0 Å². The Labute approximate surface area is 137 Å². The Kier molecular flexibility index (Phi) is 13.3. The topological polar surface area (TPSA) is 19.9 Å². The van der Waals surface area contributed by atoms with Crippen molar-refractivity contribution in [2.24, 2.45) is 0 Å². The van der Waals surface area contributed by atoms with Crippen LogP contribution in [-0.2, 0) is 24.8 Å². The van der Waals surface area contributed by atoms with Crippen LogP contribution in [0.25, 0.3) is 0 Å². The van der Waals surface area contributed by atoms with Gasteiger partial charge in [-0.3, -0.25) is 0 Å². The summed E-state index contributed by atoms with van der Waals surface area (Å²) >= 11 is 0. The summed E-state index contributed by atoms with van der Waals surface area (Å²) in [5.41, 5.74) is 0. The molecule has 1 fully saturated rings. The van der Waals surface area contributed by atoms with Gasteiger partial charge in [0.2, 0.25) is 0 Å². The van der Waals surface area contributed by atoms with E-state index in [1.54, 1.807) is 0 Å². The van der Waals surface area contributed by atoms with Crippen LogP contribution in [0.4, 0.5) is 0 Å². The number of hydrogen-bond acceptors (Lipinski definition) is 0. The van der Waals surface area contributed by atoms with Crippen molar-refractivity contribution in [2.75, 3.05) is 0 Å². The first-order chi connectivity index (χ1) is 9.47. The molecule has 20 heavy (non-hydrogen) atoms. The maximum Gasteiger partial charge on any atom is 0.0124 e. The summed E-state index contributed by atoms with van der Waals surface area (Å²) < 4.78 is 7.50. The first-order valence-electron chi connectivity index (χ1n) is 6.93. The van der Waals surface area contributed by atoms with Crippen LogP contribution in [0.2, 0.25) is 0 Å². The summed E-state index contributed by atoms with van der Waals surface area (Å²) in [6, 6.07) is 0. The van der Waals surface area contributed by atoms with Crippen LogP contribution in [0, 0.1) is 37.7 Å². The van der Waals surface area contributed by atoms with E-state index in [4.69, 9.17) is 4.65 Å². The van der Waals surface area contributed by atoms with Crippen molar-refractivity contribution in [1.29, 1.82) is 0 Å². The van der Waals surface area contributed by atoms with E-state index in [0.29, 0.717) is 0 Å². The molecule has 2 heteroatoms. The maximum absolute atomic E-state index is 7.50. The van der Waals surface area contributed by atoms with Crippen molar-refractivity contribution in [3.05, 3.63) is 74.2 Å². The Morgan fingerprint density at radius 1 is 0.750 bits per heavy atom. The molecule has 3 aliphatic carbocycles. The molecular weight excluding hydrogens is 424 g/mol. The molecule has 0 aliphatic heterocycles. The Balaban J connectivity index is 0.000000310. The molecule has 3 rings (SSSR count). The van der Waals surface area contributed by atoms with Crippen LogP contribution in [0.15, 0.2) is 36.5 Å². The smallest absolute Gasteiger partial charge is 0.0124 e. The summed E-state index contributed by atoms with van der Waals surface area (Å²) in [5, 5.41) is 0. The van der Waals surface area contributed by atoms with Gasteiger partial charge in [0.05, 0.1) is 0 Å². The molecule has 1 nitrogen and oxygen atoms in total. The predicted octanol–water partition coefficient (Wildman–Crippen LogP) is 4.74. The first kappa shape index (κ1) is 19.6. The minimum absolute atomic E-state index is 0. The van der Waals surface area contributed by atoms with Crippen LogP contribution in [0.1, 0.15) is 38.5 Å². The third kappa shape index (κ3) is 8.02. The molecule has 0 atom stereocenters. The van der Waals surface area contributed by atoms with Gasteiger partial charge in [-0.15, -0.1) is 0 Å². The number of allylic oxidation sites excluding steroid dienone is 6. The van der Waals surface area contributed by atoms with Gasteiger partial charge in [0, 0.05) is 31.9 Å². The van der Waals surface area contributed by atoms with Crippen LogP contribution in [0.5, 0.6) is 0 Å². The fourth-order valence-corrected chi connectivity index (χ4v) is 2.18. The van der Waals surface area contributed by atoms with Crippen molar-refractivity contribution in [1.82, 2.24) is 0 Å². The molecule has 108 valence electrons. The summed E-state index contributed by atoms with van der Waals surface area (Å²) in [6.45, 7) is 4.50. The van der Waals surface area contributed by atoms with Gasteiger partial charge in [-0.2, -0.15) is 0 Å². The molecular formula is C18H21IrO. The van der Waals surface area contributed by atoms with Gasteiger partial charge >= 0.3 is 11.3 Å². The van der Waals surface area contributed by atoms with E-state index >= 15 is 0 Å². The third-order valence-corrected chi connectivity index (χ3v) is 3.21. The molecule has 3 aliphatic rings. The van der Waals surface area contributed by atoms with Gasteiger partial charge in [-0.25, -0.2) is 0 Å². The fourth-order valence-electron chi connectivity index (χ4n) is 2.18. The molecule has 0 aromatic heterocycles. The minimum atomic E-state index is 0. The minimum Gasteiger partial charge on any atom is -0.0762 e. The Bertz CT molecular complexity index is 300. The molecule has 0 aromatic carbocycles. The Hall–Kier alpha value is -0.391. The average molecular weight is 446 g/mol. The SMILES string of the molecule is C1=CCCCCCC1.[C-]#[O+].[CH]1[CH][C]2C=CC=C[C]2[CH]1.[Ir]. The summed E-state index contributed by atoms with van der Waals surface area (Å²) in [7, 11) is 0. The number of hydrogen-bond donors (Lipinski definition) is 0. The molecule has 0 N–H and O–H groups in total. The van der Waals surface area contributed by atoms with E-state index in [1.807, 2.05) is 0 Å². The van der Waals surface area contributed by atoms with Crippen molar-refractivity contribution in [3.63, 3.8) is 0 Å². The van der Waals surface area contributed by atoms with Crippen molar-refractivity contribution in [2.45, 2.75) is 38.5 Å². The summed E-state index contributed by atoms with van der Waals surface area (Å²) in [4.78, 5) is 0. The number of fused-ring (bicyclic) bond motifs is 1. The van der Waals surface area contributed by atoms with Gasteiger partial charge in [0.1, 0.15) is 0 Å². The van der Waals surface area contributed by atoms with Gasteiger partial charge in [-0.1, -0.05) is 49.3 Å². The molecule has 0 heterocycles. The second kappa shape index (κ2) is 13.6. The van der Waals surface area contributed by atoms with E-state index in [9.17, 15) is 0 Å². The molecule has 6 radical (unpaired) electrons.